The molecule has 0 saturated heterocycles. The maximum absolute atomic E-state index is 11.7. The quantitative estimate of drug-likeness (QED) is 0.830. The maximum atomic E-state index is 11.7. The van der Waals surface area contributed by atoms with Gasteiger partial charge in [-0.2, -0.15) is 0 Å². The van der Waals surface area contributed by atoms with Gasteiger partial charge < -0.3 is 10.4 Å². The topological polar surface area (TPSA) is 49.3 Å². The maximum Gasteiger partial charge on any atom is 0.220 e. The summed E-state index contributed by atoms with van der Waals surface area (Å²) in [6.07, 6.45) is 3.62. The van der Waals surface area contributed by atoms with Crippen molar-refractivity contribution in [3.63, 3.8) is 0 Å². The summed E-state index contributed by atoms with van der Waals surface area (Å²) in [7, 11) is 0. The van der Waals surface area contributed by atoms with E-state index < -0.39 is 0 Å². The Morgan fingerprint density at radius 3 is 2.71 bits per heavy atom. The van der Waals surface area contributed by atoms with Crippen LogP contribution >= 0.6 is 0 Å². The molecule has 3 nitrogen and oxygen atoms in total. The number of hydrogen-bond donors (Lipinski definition) is 2. The van der Waals surface area contributed by atoms with Crippen molar-refractivity contribution < 1.29 is 9.90 Å². The molecule has 92 valence electrons. The molecule has 1 saturated carbocycles. The van der Waals surface area contributed by atoms with Crippen molar-refractivity contribution in [2.24, 2.45) is 0 Å². The SMILES string of the molecule is O=C(CCc1ccccc1)NC1CCCC1O. The molecule has 17 heavy (non-hydrogen) atoms. The van der Waals surface area contributed by atoms with Gasteiger partial charge in [0.05, 0.1) is 12.1 Å². The van der Waals surface area contributed by atoms with Crippen LogP contribution in [0.5, 0.6) is 0 Å². The van der Waals surface area contributed by atoms with Gasteiger partial charge in [0, 0.05) is 6.42 Å². The predicted octanol–water partition coefficient (Wildman–Crippen LogP) is 1.65. The first-order valence-corrected chi connectivity index (χ1v) is 6.27. The number of carbonyl (C=O) groups excluding carboxylic acids is 1. The van der Waals surface area contributed by atoms with E-state index in [-0.39, 0.29) is 18.1 Å². The lowest BCUT2D eigenvalue weighted by molar-refractivity contribution is -0.122. The highest BCUT2D eigenvalue weighted by atomic mass is 16.3. The highest BCUT2D eigenvalue weighted by molar-refractivity contribution is 5.76. The van der Waals surface area contributed by atoms with Crippen molar-refractivity contribution in [1.82, 2.24) is 5.32 Å². The van der Waals surface area contributed by atoms with E-state index in [9.17, 15) is 9.90 Å². The summed E-state index contributed by atoms with van der Waals surface area (Å²) in [5.41, 5.74) is 1.18. The number of aliphatic hydroxyl groups is 1. The second-order valence-electron chi connectivity index (χ2n) is 4.66. The van der Waals surface area contributed by atoms with Crippen LogP contribution in [0.25, 0.3) is 0 Å². The fraction of sp³-hybridized carbons (Fsp3) is 0.500. The molecule has 0 bridgehead atoms. The molecule has 1 aromatic rings. The van der Waals surface area contributed by atoms with Crippen molar-refractivity contribution in [3.8, 4) is 0 Å². The first-order chi connectivity index (χ1) is 8.25. The zero-order valence-electron chi connectivity index (χ0n) is 9.93. The van der Waals surface area contributed by atoms with Gasteiger partial charge in [-0.15, -0.1) is 0 Å². The Morgan fingerprint density at radius 1 is 1.29 bits per heavy atom. The standard InChI is InChI=1S/C14H19NO2/c16-13-8-4-7-12(13)15-14(17)10-9-11-5-2-1-3-6-11/h1-3,5-6,12-13,16H,4,7-10H2,(H,15,17). The molecule has 1 amide bonds. The summed E-state index contributed by atoms with van der Waals surface area (Å²) < 4.78 is 0. The normalized spacial score (nSPS) is 23.6. The molecular weight excluding hydrogens is 214 g/mol. The van der Waals surface area contributed by atoms with Gasteiger partial charge in [-0.1, -0.05) is 30.3 Å². The molecule has 2 N–H and O–H groups in total. The molecule has 1 aromatic carbocycles. The third-order valence-corrected chi connectivity index (χ3v) is 3.31. The lowest BCUT2D eigenvalue weighted by Crippen LogP contribution is -2.39. The number of rotatable bonds is 4. The summed E-state index contributed by atoms with van der Waals surface area (Å²) in [5.74, 6) is 0.0415. The molecule has 1 aliphatic rings. The van der Waals surface area contributed by atoms with Gasteiger partial charge >= 0.3 is 0 Å². The molecule has 0 aromatic heterocycles. The van der Waals surface area contributed by atoms with Gasteiger partial charge in [0.25, 0.3) is 0 Å². The summed E-state index contributed by atoms with van der Waals surface area (Å²) in [5, 5.41) is 12.5. The Kier molecular flexibility index (Phi) is 4.15. The number of benzene rings is 1. The van der Waals surface area contributed by atoms with Crippen molar-refractivity contribution >= 4 is 5.91 Å². The number of aliphatic hydroxyl groups excluding tert-OH is 1. The third kappa shape index (κ3) is 3.56. The van der Waals surface area contributed by atoms with Crippen molar-refractivity contribution in [1.29, 1.82) is 0 Å². The minimum Gasteiger partial charge on any atom is -0.391 e. The van der Waals surface area contributed by atoms with E-state index in [1.807, 2.05) is 30.3 Å². The summed E-state index contributed by atoms with van der Waals surface area (Å²) in [4.78, 5) is 11.7. The van der Waals surface area contributed by atoms with Crippen LogP contribution in [-0.4, -0.2) is 23.2 Å². The second kappa shape index (κ2) is 5.82. The number of hydrogen-bond acceptors (Lipinski definition) is 2. The van der Waals surface area contributed by atoms with Crippen LogP contribution in [0.3, 0.4) is 0 Å². The largest absolute Gasteiger partial charge is 0.391 e. The van der Waals surface area contributed by atoms with E-state index in [1.165, 1.54) is 5.56 Å². The summed E-state index contributed by atoms with van der Waals surface area (Å²) in [6.45, 7) is 0. The highest BCUT2D eigenvalue weighted by Crippen LogP contribution is 2.18. The number of amides is 1. The lowest BCUT2D eigenvalue weighted by Gasteiger charge is -2.16. The van der Waals surface area contributed by atoms with Crippen LogP contribution in [0.4, 0.5) is 0 Å². The van der Waals surface area contributed by atoms with Crippen LogP contribution in [0, 0.1) is 0 Å². The fourth-order valence-corrected chi connectivity index (χ4v) is 2.29. The number of nitrogens with one attached hydrogen (secondary N) is 1. The molecule has 3 heteroatoms. The molecule has 2 rings (SSSR count). The zero-order valence-corrected chi connectivity index (χ0v) is 9.93. The third-order valence-electron chi connectivity index (χ3n) is 3.31. The summed E-state index contributed by atoms with van der Waals surface area (Å²) in [6, 6.07) is 9.95. The fourth-order valence-electron chi connectivity index (χ4n) is 2.29. The monoisotopic (exact) mass is 233 g/mol. The van der Waals surface area contributed by atoms with E-state index >= 15 is 0 Å². The molecule has 0 spiro atoms. The Labute approximate surface area is 102 Å². The number of carbonyl (C=O) groups is 1. The first kappa shape index (κ1) is 12.1. The first-order valence-electron chi connectivity index (χ1n) is 6.27. The van der Waals surface area contributed by atoms with Gasteiger partial charge in [0.1, 0.15) is 0 Å². The highest BCUT2D eigenvalue weighted by Gasteiger charge is 2.26. The minimum absolute atomic E-state index is 0.0294. The molecule has 1 fully saturated rings. The van der Waals surface area contributed by atoms with Gasteiger partial charge in [-0.3, -0.25) is 4.79 Å². The van der Waals surface area contributed by atoms with E-state index in [4.69, 9.17) is 0 Å². The average molecular weight is 233 g/mol. The molecule has 0 heterocycles. The molecule has 0 aliphatic heterocycles. The Bertz CT molecular complexity index is 364. The second-order valence-corrected chi connectivity index (χ2v) is 4.66. The van der Waals surface area contributed by atoms with Crippen molar-refractivity contribution in [2.75, 3.05) is 0 Å². The van der Waals surface area contributed by atoms with Crippen LogP contribution in [0.15, 0.2) is 30.3 Å². The van der Waals surface area contributed by atoms with Gasteiger partial charge in [0.15, 0.2) is 0 Å². The molecule has 0 radical (unpaired) electrons. The Hall–Kier alpha value is -1.35. The average Bonchev–Trinajstić information content (AvgIpc) is 2.74. The van der Waals surface area contributed by atoms with E-state index in [1.54, 1.807) is 0 Å². The van der Waals surface area contributed by atoms with Crippen molar-refractivity contribution in [2.45, 2.75) is 44.2 Å². The van der Waals surface area contributed by atoms with Crippen LogP contribution in [-0.2, 0) is 11.2 Å². The van der Waals surface area contributed by atoms with Gasteiger partial charge in [-0.25, -0.2) is 0 Å². The zero-order chi connectivity index (χ0) is 12.1. The molecule has 2 atom stereocenters. The smallest absolute Gasteiger partial charge is 0.220 e. The van der Waals surface area contributed by atoms with E-state index in [2.05, 4.69) is 5.32 Å². The molecule has 1 aliphatic carbocycles. The predicted molar refractivity (Wildman–Crippen MR) is 66.6 cm³/mol. The minimum atomic E-state index is -0.351. The summed E-state index contributed by atoms with van der Waals surface area (Å²) >= 11 is 0. The Balaban J connectivity index is 1.74. The Morgan fingerprint density at radius 2 is 2.06 bits per heavy atom. The van der Waals surface area contributed by atoms with Gasteiger partial charge in [-0.05, 0) is 31.2 Å². The van der Waals surface area contributed by atoms with E-state index in [0.717, 1.165) is 25.7 Å². The van der Waals surface area contributed by atoms with Crippen LogP contribution < -0.4 is 5.32 Å². The molecule has 2 unspecified atom stereocenters. The number of aryl methyl sites for hydroxylation is 1. The van der Waals surface area contributed by atoms with E-state index in [0.29, 0.717) is 6.42 Å². The van der Waals surface area contributed by atoms with Crippen molar-refractivity contribution in [3.05, 3.63) is 35.9 Å². The molecular formula is C14H19NO2. The van der Waals surface area contributed by atoms with Crippen LogP contribution in [0.2, 0.25) is 0 Å². The lowest BCUT2D eigenvalue weighted by atomic mass is 10.1. The van der Waals surface area contributed by atoms with Crippen LogP contribution in [0.1, 0.15) is 31.2 Å². The van der Waals surface area contributed by atoms with Gasteiger partial charge in [0.2, 0.25) is 5.91 Å².